The Hall–Kier alpha value is -0.640. The van der Waals surface area contributed by atoms with Gasteiger partial charge >= 0.3 is 0 Å². The van der Waals surface area contributed by atoms with E-state index in [1.54, 1.807) is 6.20 Å². The first kappa shape index (κ1) is 8.94. The van der Waals surface area contributed by atoms with Gasteiger partial charge in [0.05, 0.1) is 6.20 Å². The minimum Gasteiger partial charge on any atom is -0.428 e. The number of oxazole rings is 1. The molecule has 3 nitrogen and oxygen atoms in total. The normalized spacial score (nSPS) is 21.6. The fraction of sp³-hybridized carbons (Fsp3) is 0.667. The van der Waals surface area contributed by atoms with Crippen LogP contribution in [0.2, 0.25) is 0 Å². The van der Waals surface area contributed by atoms with Crippen molar-refractivity contribution in [2.75, 3.05) is 17.2 Å². The van der Waals surface area contributed by atoms with Crippen LogP contribution in [0.3, 0.4) is 0 Å². The number of nitrogens with two attached hydrogens (primary N) is 1. The summed E-state index contributed by atoms with van der Waals surface area (Å²) in [5.74, 6) is 3.36. The molecule has 1 aliphatic heterocycles. The Balaban J connectivity index is 2.22. The Labute approximate surface area is 82.1 Å². The van der Waals surface area contributed by atoms with Gasteiger partial charge in [-0.3, -0.25) is 0 Å². The third-order valence-electron chi connectivity index (χ3n) is 2.71. The van der Waals surface area contributed by atoms with Crippen LogP contribution >= 0.6 is 11.8 Å². The van der Waals surface area contributed by atoms with Crippen LogP contribution in [0.25, 0.3) is 0 Å². The summed E-state index contributed by atoms with van der Waals surface area (Å²) < 4.78 is 5.38. The van der Waals surface area contributed by atoms with Gasteiger partial charge in [-0.25, -0.2) is 4.98 Å². The van der Waals surface area contributed by atoms with Crippen LogP contribution in [0.4, 0.5) is 6.01 Å². The molecule has 1 aromatic rings. The Kier molecular flexibility index (Phi) is 2.24. The van der Waals surface area contributed by atoms with Gasteiger partial charge in [-0.05, 0) is 24.3 Å². The Morgan fingerprint density at radius 3 is 2.77 bits per heavy atom. The summed E-state index contributed by atoms with van der Waals surface area (Å²) in [4.78, 5) is 3.94. The number of hydrogen-bond donors (Lipinski definition) is 1. The van der Waals surface area contributed by atoms with Crippen LogP contribution in [-0.4, -0.2) is 16.5 Å². The highest BCUT2D eigenvalue weighted by Gasteiger charge is 2.32. The van der Waals surface area contributed by atoms with Gasteiger partial charge in [0, 0.05) is 5.41 Å². The zero-order chi connectivity index (χ0) is 9.31. The predicted molar refractivity (Wildman–Crippen MR) is 54.8 cm³/mol. The maximum Gasteiger partial charge on any atom is 0.292 e. The fourth-order valence-corrected chi connectivity index (χ4v) is 3.03. The molecule has 0 amide bonds. The number of anilines is 1. The van der Waals surface area contributed by atoms with Gasteiger partial charge in [0.1, 0.15) is 5.76 Å². The lowest BCUT2D eigenvalue weighted by molar-refractivity contribution is 0.343. The van der Waals surface area contributed by atoms with Crippen LogP contribution in [0, 0.1) is 0 Å². The van der Waals surface area contributed by atoms with Gasteiger partial charge in [0.25, 0.3) is 6.01 Å². The first-order valence-electron chi connectivity index (χ1n) is 4.50. The second kappa shape index (κ2) is 3.25. The van der Waals surface area contributed by atoms with E-state index in [2.05, 4.69) is 11.9 Å². The largest absolute Gasteiger partial charge is 0.428 e. The van der Waals surface area contributed by atoms with Crippen molar-refractivity contribution in [1.82, 2.24) is 4.98 Å². The van der Waals surface area contributed by atoms with Crippen molar-refractivity contribution in [2.24, 2.45) is 0 Å². The molecular formula is C9H14N2OS. The number of aromatic nitrogens is 1. The SMILES string of the molecule is CC1(c2cnc(N)o2)CCSCC1. The van der Waals surface area contributed by atoms with Gasteiger partial charge in [0.2, 0.25) is 0 Å². The monoisotopic (exact) mass is 198 g/mol. The van der Waals surface area contributed by atoms with Gasteiger partial charge < -0.3 is 10.2 Å². The van der Waals surface area contributed by atoms with Crippen LogP contribution in [-0.2, 0) is 5.41 Å². The third kappa shape index (κ3) is 1.68. The molecule has 1 fully saturated rings. The van der Waals surface area contributed by atoms with E-state index in [0.717, 1.165) is 18.6 Å². The summed E-state index contributed by atoms with van der Waals surface area (Å²) in [7, 11) is 0. The maximum atomic E-state index is 5.46. The van der Waals surface area contributed by atoms with Crippen molar-refractivity contribution in [3.8, 4) is 0 Å². The molecule has 1 aromatic heterocycles. The molecule has 1 aliphatic rings. The molecule has 2 N–H and O–H groups in total. The quantitative estimate of drug-likeness (QED) is 0.750. The van der Waals surface area contributed by atoms with E-state index in [-0.39, 0.29) is 11.4 Å². The van der Waals surface area contributed by atoms with Crippen LogP contribution in [0.15, 0.2) is 10.6 Å². The van der Waals surface area contributed by atoms with Crippen LogP contribution in [0.1, 0.15) is 25.5 Å². The summed E-state index contributed by atoms with van der Waals surface area (Å²) in [6.07, 6.45) is 4.09. The first-order chi connectivity index (χ1) is 6.21. The Morgan fingerprint density at radius 1 is 1.54 bits per heavy atom. The molecule has 4 heteroatoms. The van der Waals surface area contributed by atoms with Crippen molar-refractivity contribution in [3.05, 3.63) is 12.0 Å². The second-order valence-electron chi connectivity index (χ2n) is 3.74. The summed E-state index contributed by atoms with van der Waals surface area (Å²) in [5, 5.41) is 0. The maximum absolute atomic E-state index is 5.46. The number of nitrogens with zero attached hydrogens (tertiary/aromatic N) is 1. The lowest BCUT2D eigenvalue weighted by Crippen LogP contribution is -2.26. The zero-order valence-electron chi connectivity index (χ0n) is 7.75. The Bertz CT molecular complexity index is 292. The van der Waals surface area contributed by atoms with E-state index in [4.69, 9.17) is 10.2 Å². The van der Waals surface area contributed by atoms with Crippen molar-refractivity contribution in [2.45, 2.75) is 25.2 Å². The van der Waals surface area contributed by atoms with Crippen LogP contribution in [0.5, 0.6) is 0 Å². The van der Waals surface area contributed by atoms with Gasteiger partial charge in [0.15, 0.2) is 0 Å². The highest BCUT2D eigenvalue weighted by atomic mass is 32.2. The molecule has 72 valence electrons. The zero-order valence-corrected chi connectivity index (χ0v) is 8.56. The van der Waals surface area contributed by atoms with E-state index in [9.17, 15) is 0 Å². The highest BCUT2D eigenvalue weighted by Crippen LogP contribution is 2.38. The molecule has 0 aromatic carbocycles. The van der Waals surface area contributed by atoms with E-state index < -0.39 is 0 Å². The predicted octanol–water partition coefficient (Wildman–Crippen LogP) is 2.04. The molecule has 0 unspecified atom stereocenters. The van der Waals surface area contributed by atoms with Crippen LogP contribution < -0.4 is 5.73 Å². The molecule has 0 radical (unpaired) electrons. The second-order valence-corrected chi connectivity index (χ2v) is 4.96. The highest BCUT2D eigenvalue weighted by molar-refractivity contribution is 7.99. The molecule has 2 rings (SSSR count). The number of nitrogen functional groups attached to an aromatic ring is 1. The molecule has 0 saturated carbocycles. The van der Waals surface area contributed by atoms with Gasteiger partial charge in [-0.2, -0.15) is 11.8 Å². The standard InChI is InChI=1S/C9H14N2OS/c1-9(2-4-13-5-3-9)7-6-11-8(10)12-7/h6H,2-5H2,1H3,(H2,10,11). The van der Waals surface area contributed by atoms with E-state index in [1.165, 1.54) is 11.5 Å². The first-order valence-corrected chi connectivity index (χ1v) is 5.66. The third-order valence-corrected chi connectivity index (χ3v) is 3.70. The molecule has 13 heavy (non-hydrogen) atoms. The minimum atomic E-state index is 0.163. The molecule has 0 aliphatic carbocycles. The Morgan fingerprint density at radius 2 is 2.23 bits per heavy atom. The average Bonchev–Trinajstić information content (AvgIpc) is 2.54. The van der Waals surface area contributed by atoms with Crippen molar-refractivity contribution >= 4 is 17.8 Å². The van der Waals surface area contributed by atoms with Crippen molar-refractivity contribution < 1.29 is 4.42 Å². The van der Waals surface area contributed by atoms with E-state index >= 15 is 0 Å². The topological polar surface area (TPSA) is 52.0 Å². The van der Waals surface area contributed by atoms with E-state index in [0.29, 0.717) is 0 Å². The molecule has 0 bridgehead atoms. The molecule has 2 heterocycles. The number of rotatable bonds is 1. The average molecular weight is 198 g/mol. The lowest BCUT2D eigenvalue weighted by atomic mass is 9.82. The molecule has 0 spiro atoms. The lowest BCUT2D eigenvalue weighted by Gasteiger charge is -2.30. The smallest absolute Gasteiger partial charge is 0.292 e. The fourth-order valence-electron chi connectivity index (χ4n) is 1.63. The summed E-state index contributed by atoms with van der Waals surface area (Å²) in [6, 6.07) is 0.287. The van der Waals surface area contributed by atoms with Crippen molar-refractivity contribution in [1.29, 1.82) is 0 Å². The summed E-state index contributed by atoms with van der Waals surface area (Å²) >= 11 is 2.01. The van der Waals surface area contributed by atoms with E-state index in [1.807, 2.05) is 11.8 Å². The molecular weight excluding hydrogens is 184 g/mol. The summed E-state index contributed by atoms with van der Waals surface area (Å²) in [5.41, 5.74) is 5.62. The molecule has 0 atom stereocenters. The van der Waals surface area contributed by atoms with Crippen molar-refractivity contribution in [3.63, 3.8) is 0 Å². The molecule has 1 saturated heterocycles. The minimum absolute atomic E-state index is 0.163. The summed E-state index contributed by atoms with van der Waals surface area (Å²) in [6.45, 7) is 2.23. The number of thioether (sulfide) groups is 1. The van der Waals surface area contributed by atoms with Gasteiger partial charge in [-0.15, -0.1) is 0 Å². The van der Waals surface area contributed by atoms with Gasteiger partial charge in [-0.1, -0.05) is 6.92 Å². The number of hydrogen-bond acceptors (Lipinski definition) is 4.